The molecule has 1 fully saturated rings. The maximum atomic E-state index is 5.82. The molecule has 1 saturated carbocycles. The van der Waals surface area contributed by atoms with Gasteiger partial charge in [-0.15, -0.1) is 0 Å². The average molecular weight is 247 g/mol. The van der Waals surface area contributed by atoms with Crippen molar-refractivity contribution in [2.75, 3.05) is 18.9 Å². The first-order valence-electron chi connectivity index (χ1n) is 7.16. The molecule has 1 aromatic rings. The summed E-state index contributed by atoms with van der Waals surface area (Å²) in [5, 5.41) is 0. The summed E-state index contributed by atoms with van der Waals surface area (Å²) in [6.45, 7) is 4.13. The molecule has 2 N–H and O–H groups in total. The summed E-state index contributed by atoms with van der Waals surface area (Å²) in [4.78, 5) is 0. The van der Waals surface area contributed by atoms with Crippen LogP contribution in [0.2, 0.25) is 0 Å². The van der Waals surface area contributed by atoms with Gasteiger partial charge in [0.25, 0.3) is 0 Å². The van der Waals surface area contributed by atoms with Gasteiger partial charge in [-0.1, -0.05) is 31.9 Å². The Labute approximate surface area is 111 Å². The molecule has 0 aromatic heterocycles. The number of nitrogen functional groups attached to an aromatic ring is 1. The van der Waals surface area contributed by atoms with Crippen molar-refractivity contribution in [1.29, 1.82) is 0 Å². The Bertz CT molecular complexity index is 347. The minimum Gasteiger partial charge on any atom is -0.399 e. The van der Waals surface area contributed by atoms with Crippen molar-refractivity contribution in [3.8, 4) is 0 Å². The van der Waals surface area contributed by atoms with Gasteiger partial charge in [0.1, 0.15) is 0 Å². The Morgan fingerprint density at radius 2 is 2.00 bits per heavy atom. The van der Waals surface area contributed by atoms with Crippen molar-refractivity contribution in [3.63, 3.8) is 0 Å². The summed E-state index contributed by atoms with van der Waals surface area (Å²) in [5.41, 5.74) is 7.80. The topological polar surface area (TPSA) is 35.2 Å². The van der Waals surface area contributed by atoms with Crippen LogP contribution in [0.25, 0.3) is 0 Å². The van der Waals surface area contributed by atoms with Gasteiger partial charge in [0, 0.05) is 12.3 Å². The third-order valence-electron chi connectivity index (χ3n) is 3.91. The van der Waals surface area contributed by atoms with Crippen molar-refractivity contribution < 1.29 is 4.74 Å². The van der Waals surface area contributed by atoms with Crippen LogP contribution in [0.1, 0.15) is 38.2 Å². The number of hydrogen-bond donors (Lipinski definition) is 1. The molecule has 0 amide bonds. The van der Waals surface area contributed by atoms with E-state index in [4.69, 9.17) is 10.5 Å². The quantitative estimate of drug-likeness (QED) is 0.636. The Balaban J connectivity index is 1.62. The van der Waals surface area contributed by atoms with Gasteiger partial charge in [0.15, 0.2) is 0 Å². The average Bonchev–Trinajstić information content (AvgIpc) is 2.37. The van der Waals surface area contributed by atoms with E-state index in [-0.39, 0.29) is 0 Å². The van der Waals surface area contributed by atoms with Crippen molar-refractivity contribution in [1.82, 2.24) is 0 Å². The molecular weight excluding hydrogens is 222 g/mol. The molecule has 2 rings (SSSR count). The molecule has 2 nitrogen and oxygen atoms in total. The highest BCUT2D eigenvalue weighted by Gasteiger charge is 2.18. The fourth-order valence-corrected chi connectivity index (χ4v) is 2.84. The number of anilines is 1. The first-order valence-corrected chi connectivity index (χ1v) is 7.16. The summed E-state index contributed by atoms with van der Waals surface area (Å²) in [7, 11) is 0. The first kappa shape index (κ1) is 13.4. The normalized spacial score (nSPS) is 24.1. The summed E-state index contributed by atoms with van der Waals surface area (Å²) in [5.74, 6) is 1.68. The number of hydrogen-bond acceptors (Lipinski definition) is 2. The lowest BCUT2D eigenvalue weighted by Gasteiger charge is -2.26. The minimum atomic E-state index is 0.792. The fraction of sp³-hybridized carbons (Fsp3) is 0.625. The predicted octanol–water partition coefficient (Wildman–Crippen LogP) is 3.65. The van der Waals surface area contributed by atoms with Gasteiger partial charge >= 0.3 is 0 Å². The van der Waals surface area contributed by atoms with E-state index in [1.165, 1.54) is 31.2 Å². The molecule has 100 valence electrons. The van der Waals surface area contributed by atoms with Crippen molar-refractivity contribution >= 4 is 5.69 Å². The number of nitrogens with two attached hydrogens (primary N) is 1. The van der Waals surface area contributed by atoms with Gasteiger partial charge in [0.2, 0.25) is 0 Å². The Hall–Kier alpha value is -1.02. The number of rotatable bonds is 5. The molecule has 18 heavy (non-hydrogen) atoms. The second-order valence-electron chi connectivity index (χ2n) is 5.70. The van der Waals surface area contributed by atoms with Crippen LogP contribution in [0.4, 0.5) is 5.69 Å². The summed E-state index contributed by atoms with van der Waals surface area (Å²) in [6, 6.07) is 8.08. The summed E-state index contributed by atoms with van der Waals surface area (Å²) >= 11 is 0. The van der Waals surface area contributed by atoms with Crippen LogP contribution >= 0.6 is 0 Å². The molecule has 0 radical (unpaired) electrons. The highest BCUT2D eigenvalue weighted by molar-refractivity contribution is 5.39. The van der Waals surface area contributed by atoms with Crippen LogP contribution in [0, 0.1) is 11.8 Å². The molecule has 0 heterocycles. The lowest BCUT2D eigenvalue weighted by molar-refractivity contribution is 0.0784. The third-order valence-corrected chi connectivity index (χ3v) is 3.91. The molecule has 0 bridgehead atoms. The van der Waals surface area contributed by atoms with Crippen LogP contribution < -0.4 is 5.73 Å². The standard InChI is InChI=1S/C16H25NO/c1-13-3-2-4-15(11-13)12-18-10-9-14-5-7-16(17)8-6-14/h5-8,13,15H,2-4,9-12,17H2,1H3. The Morgan fingerprint density at radius 1 is 1.22 bits per heavy atom. The minimum absolute atomic E-state index is 0.792. The second kappa shape index (κ2) is 6.79. The van der Waals surface area contributed by atoms with E-state index >= 15 is 0 Å². The van der Waals surface area contributed by atoms with E-state index in [0.717, 1.165) is 37.2 Å². The summed E-state index contributed by atoms with van der Waals surface area (Å²) < 4.78 is 5.82. The molecule has 1 aliphatic rings. The van der Waals surface area contributed by atoms with Crippen molar-refractivity contribution in [2.24, 2.45) is 11.8 Å². The summed E-state index contributed by atoms with van der Waals surface area (Å²) in [6.07, 6.45) is 6.48. The van der Waals surface area contributed by atoms with Gasteiger partial charge in [0.05, 0.1) is 6.61 Å². The number of ether oxygens (including phenoxy) is 1. The van der Waals surface area contributed by atoms with Crippen LogP contribution in [0.15, 0.2) is 24.3 Å². The zero-order chi connectivity index (χ0) is 12.8. The molecule has 2 unspecified atom stereocenters. The van der Waals surface area contributed by atoms with Gasteiger partial charge < -0.3 is 10.5 Å². The predicted molar refractivity (Wildman–Crippen MR) is 76.5 cm³/mol. The zero-order valence-electron chi connectivity index (χ0n) is 11.4. The highest BCUT2D eigenvalue weighted by atomic mass is 16.5. The maximum absolute atomic E-state index is 5.82. The first-order chi connectivity index (χ1) is 8.74. The van der Waals surface area contributed by atoms with E-state index in [0.29, 0.717) is 0 Å². The highest BCUT2D eigenvalue weighted by Crippen LogP contribution is 2.28. The third kappa shape index (κ3) is 4.34. The SMILES string of the molecule is CC1CCCC(COCCc2ccc(N)cc2)C1. The Kier molecular flexibility index (Phi) is 5.06. The van der Waals surface area contributed by atoms with E-state index < -0.39 is 0 Å². The second-order valence-corrected chi connectivity index (χ2v) is 5.70. The van der Waals surface area contributed by atoms with E-state index in [1.54, 1.807) is 0 Å². The monoisotopic (exact) mass is 247 g/mol. The van der Waals surface area contributed by atoms with Crippen molar-refractivity contribution in [3.05, 3.63) is 29.8 Å². The van der Waals surface area contributed by atoms with Gasteiger partial charge in [-0.2, -0.15) is 0 Å². The molecule has 2 heteroatoms. The van der Waals surface area contributed by atoms with Gasteiger partial charge in [-0.3, -0.25) is 0 Å². The van der Waals surface area contributed by atoms with Crippen LogP contribution in [-0.4, -0.2) is 13.2 Å². The lowest BCUT2D eigenvalue weighted by Crippen LogP contribution is -2.18. The van der Waals surface area contributed by atoms with Gasteiger partial charge in [-0.05, 0) is 48.8 Å². The molecule has 0 aliphatic heterocycles. The van der Waals surface area contributed by atoms with Crippen molar-refractivity contribution in [2.45, 2.75) is 39.0 Å². The molecule has 0 saturated heterocycles. The maximum Gasteiger partial charge on any atom is 0.0506 e. The van der Waals surface area contributed by atoms with Crippen LogP contribution in [0.5, 0.6) is 0 Å². The van der Waals surface area contributed by atoms with E-state index in [9.17, 15) is 0 Å². The smallest absolute Gasteiger partial charge is 0.0506 e. The fourth-order valence-electron chi connectivity index (χ4n) is 2.84. The van der Waals surface area contributed by atoms with E-state index in [1.807, 2.05) is 12.1 Å². The van der Waals surface area contributed by atoms with Gasteiger partial charge in [-0.25, -0.2) is 0 Å². The molecule has 0 spiro atoms. The zero-order valence-corrected chi connectivity index (χ0v) is 11.4. The molecule has 1 aliphatic carbocycles. The van der Waals surface area contributed by atoms with Crippen LogP contribution in [-0.2, 0) is 11.2 Å². The van der Waals surface area contributed by atoms with E-state index in [2.05, 4.69) is 19.1 Å². The largest absolute Gasteiger partial charge is 0.399 e. The molecular formula is C16H25NO. The molecule has 1 aromatic carbocycles. The molecule has 2 atom stereocenters. The van der Waals surface area contributed by atoms with Crippen LogP contribution in [0.3, 0.4) is 0 Å². The lowest BCUT2D eigenvalue weighted by atomic mass is 9.83. The number of benzene rings is 1. The Morgan fingerprint density at radius 3 is 2.72 bits per heavy atom.